The van der Waals surface area contributed by atoms with Crippen LogP contribution in [0.15, 0.2) is 79.9 Å². The maximum absolute atomic E-state index is 15.0. The molecule has 8 nitrogen and oxygen atoms in total. The van der Waals surface area contributed by atoms with Crippen LogP contribution in [0.3, 0.4) is 0 Å². The van der Waals surface area contributed by atoms with Gasteiger partial charge in [-0.15, -0.1) is 24.9 Å². The predicted molar refractivity (Wildman–Crippen MR) is 193 cm³/mol. The van der Waals surface area contributed by atoms with E-state index in [4.69, 9.17) is 0 Å². The molecular formula is C38H50N4O4S. The molecule has 252 valence electrons. The third-order valence-electron chi connectivity index (χ3n) is 10.3. The van der Waals surface area contributed by atoms with Gasteiger partial charge in [-0.1, -0.05) is 37.3 Å². The van der Waals surface area contributed by atoms with E-state index in [0.29, 0.717) is 32.5 Å². The molecule has 3 heterocycles. The van der Waals surface area contributed by atoms with E-state index in [-0.39, 0.29) is 35.5 Å². The van der Waals surface area contributed by atoms with E-state index in [9.17, 15) is 14.7 Å². The molecule has 0 aliphatic carbocycles. The van der Waals surface area contributed by atoms with Gasteiger partial charge in [0, 0.05) is 61.6 Å². The Kier molecular flexibility index (Phi) is 11.2. The number of hydrogen-bond acceptors (Lipinski definition) is 6. The summed E-state index contributed by atoms with van der Waals surface area (Å²) in [6.45, 7) is 17.2. The number of aliphatic hydroxyl groups is 1. The molecular weight excluding hydrogens is 609 g/mol. The van der Waals surface area contributed by atoms with Gasteiger partial charge in [-0.05, 0) is 81.8 Å². The molecule has 5 rings (SSSR count). The highest BCUT2D eigenvalue weighted by Crippen LogP contribution is 2.69. The molecule has 3 unspecified atom stereocenters. The van der Waals surface area contributed by atoms with Gasteiger partial charge >= 0.3 is 0 Å². The maximum atomic E-state index is 15.0. The number of likely N-dealkylation sites (tertiary alicyclic amines) is 1. The number of aliphatic hydroxyl groups excluding tert-OH is 1. The highest BCUT2D eigenvalue weighted by Gasteiger charge is 2.76. The zero-order valence-electron chi connectivity index (χ0n) is 28.1. The van der Waals surface area contributed by atoms with E-state index in [0.717, 1.165) is 43.0 Å². The van der Waals surface area contributed by atoms with Crippen LogP contribution in [0, 0.1) is 17.8 Å². The van der Waals surface area contributed by atoms with Crippen LogP contribution in [0.2, 0.25) is 0 Å². The molecule has 1 N–H and O–H groups in total. The molecule has 0 saturated carbocycles. The van der Waals surface area contributed by atoms with Gasteiger partial charge in [0.1, 0.15) is 6.04 Å². The summed E-state index contributed by atoms with van der Waals surface area (Å²) in [6, 6.07) is 16.9. The number of benzene rings is 2. The topological polar surface area (TPSA) is 84.4 Å². The number of para-hydroxylation sites is 1. The molecule has 6 atom stereocenters. The first-order valence-corrected chi connectivity index (χ1v) is 18.0. The second kappa shape index (κ2) is 15.1. The van der Waals surface area contributed by atoms with Crippen molar-refractivity contribution in [2.45, 2.75) is 62.5 Å². The fourth-order valence-electron chi connectivity index (χ4n) is 8.16. The number of anilines is 3. The Labute approximate surface area is 284 Å². The van der Waals surface area contributed by atoms with E-state index >= 15 is 4.79 Å². The Morgan fingerprint density at radius 3 is 2.11 bits per heavy atom. The zero-order chi connectivity index (χ0) is 33.7. The monoisotopic (exact) mass is 658 g/mol. The third-order valence-corrected chi connectivity index (χ3v) is 12.4. The van der Waals surface area contributed by atoms with Crippen LogP contribution in [-0.4, -0.2) is 83.1 Å². The number of amides is 3. The van der Waals surface area contributed by atoms with E-state index in [1.54, 1.807) is 38.6 Å². The lowest BCUT2D eigenvalue weighted by atomic mass is 9.65. The number of carbonyl (C=O) groups excluding carboxylic acids is 3. The number of unbranched alkanes of at least 4 members (excludes halogenated alkanes) is 2. The largest absolute Gasteiger partial charge is 0.396 e. The quantitative estimate of drug-likeness (QED) is 0.182. The van der Waals surface area contributed by atoms with Gasteiger partial charge in [0.15, 0.2) is 0 Å². The van der Waals surface area contributed by atoms with E-state index in [1.165, 1.54) is 0 Å². The van der Waals surface area contributed by atoms with Gasteiger partial charge in [0.05, 0.1) is 16.6 Å². The Bertz CT molecular complexity index is 1430. The minimum atomic E-state index is -0.729. The molecule has 3 fully saturated rings. The van der Waals surface area contributed by atoms with Crippen molar-refractivity contribution >= 4 is 46.5 Å². The molecule has 2 aromatic rings. The zero-order valence-corrected chi connectivity index (χ0v) is 28.9. The van der Waals surface area contributed by atoms with E-state index in [1.807, 2.05) is 54.6 Å². The summed E-state index contributed by atoms with van der Waals surface area (Å²) < 4.78 is -0.729. The normalized spacial score (nSPS) is 25.8. The number of nitrogens with zero attached hydrogens (tertiary/aromatic N) is 4. The maximum Gasteiger partial charge on any atom is 0.251 e. The van der Waals surface area contributed by atoms with Crippen LogP contribution in [0.1, 0.15) is 46.5 Å². The summed E-state index contributed by atoms with van der Waals surface area (Å²) in [5.74, 6) is -1.39. The van der Waals surface area contributed by atoms with E-state index < -0.39 is 22.6 Å². The number of thioether (sulfide) groups is 1. The lowest BCUT2D eigenvalue weighted by Gasteiger charge is -2.41. The average Bonchev–Trinajstić information content (AvgIpc) is 3.68. The molecule has 0 radical (unpaired) electrons. The summed E-state index contributed by atoms with van der Waals surface area (Å²) in [7, 11) is 0. The van der Waals surface area contributed by atoms with Crippen LogP contribution < -0.4 is 14.7 Å². The summed E-state index contributed by atoms with van der Waals surface area (Å²) in [5, 5.41) is 9.36. The van der Waals surface area contributed by atoms with Gasteiger partial charge in [-0.3, -0.25) is 14.4 Å². The molecule has 1 spiro atoms. The second-order valence-corrected chi connectivity index (χ2v) is 14.4. The van der Waals surface area contributed by atoms with Crippen LogP contribution in [0.5, 0.6) is 0 Å². The number of fused-ring (bicyclic) bond motifs is 1. The molecule has 2 aromatic carbocycles. The minimum absolute atomic E-state index is 0.0597. The summed E-state index contributed by atoms with van der Waals surface area (Å²) >= 11 is 1.70. The molecule has 3 amide bonds. The summed E-state index contributed by atoms with van der Waals surface area (Å²) in [4.78, 5) is 51.8. The number of rotatable bonds is 16. The lowest BCUT2D eigenvalue weighted by Crippen LogP contribution is -2.57. The van der Waals surface area contributed by atoms with Crippen molar-refractivity contribution in [1.29, 1.82) is 0 Å². The third kappa shape index (κ3) is 6.24. The summed E-state index contributed by atoms with van der Waals surface area (Å²) in [6.07, 6.45) is 6.28. The van der Waals surface area contributed by atoms with Gasteiger partial charge in [-0.2, -0.15) is 0 Å². The fraction of sp³-hybridized carbons (Fsp3) is 0.500. The van der Waals surface area contributed by atoms with Crippen molar-refractivity contribution in [3.63, 3.8) is 0 Å². The Morgan fingerprint density at radius 1 is 0.915 bits per heavy atom. The van der Waals surface area contributed by atoms with Gasteiger partial charge in [0.2, 0.25) is 11.8 Å². The minimum Gasteiger partial charge on any atom is -0.396 e. The Hall–Kier alpha value is -3.56. The van der Waals surface area contributed by atoms with Crippen molar-refractivity contribution in [1.82, 2.24) is 4.90 Å². The number of carbonyl (C=O) groups is 3. The highest BCUT2D eigenvalue weighted by molar-refractivity contribution is 8.02. The van der Waals surface area contributed by atoms with Gasteiger partial charge in [-0.25, -0.2) is 0 Å². The predicted octanol–water partition coefficient (Wildman–Crippen LogP) is 5.77. The lowest BCUT2D eigenvalue weighted by molar-refractivity contribution is -0.139. The average molecular weight is 659 g/mol. The SMILES string of the molecule is C=CCN(C(=O)C1N(CCCCCO)C(=O)[C@@H]2[C@@H](C(=O)N(CC=C)c3ccccc3)[C@H]3CC(C)C12S3)c1ccc(N(CC)CC)cc1. The van der Waals surface area contributed by atoms with Crippen molar-refractivity contribution in [2.24, 2.45) is 17.8 Å². The molecule has 2 bridgehead atoms. The van der Waals surface area contributed by atoms with Gasteiger partial charge < -0.3 is 24.7 Å². The Balaban J connectivity index is 1.55. The summed E-state index contributed by atoms with van der Waals surface area (Å²) in [5.41, 5.74) is 2.63. The Morgan fingerprint density at radius 2 is 1.51 bits per heavy atom. The van der Waals surface area contributed by atoms with Crippen molar-refractivity contribution in [2.75, 3.05) is 54.0 Å². The molecule has 0 aromatic heterocycles. The van der Waals surface area contributed by atoms with Gasteiger partial charge in [0.25, 0.3) is 5.91 Å². The van der Waals surface area contributed by atoms with Crippen molar-refractivity contribution in [3.8, 4) is 0 Å². The fourth-order valence-corrected chi connectivity index (χ4v) is 10.6. The molecule has 3 aliphatic heterocycles. The standard InChI is InChI=1S/C38H50N4O4S/c1-6-22-40(29-16-12-10-13-17-29)35(44)32-31-26-27(5)38(47-31)33(32)36(45)42(24-14-11-15-25-43)34(38)37(46)41(23-7-2)30-20-18-28(19-21-30)39(8-3)9-4/h6-7,10,12-13,16-21,27,31-34,43H,1-2,8-9,11,14-15,22-26H2,3-5H3/t27?,31-,32+,33+,34?,38?/m1/s1. The molecule has 3 saturated heterocycles. The second-order valence-electron chi connectivity index (χ2n) is 12.9. The van der Waals surface area contributed by atoms with E-state index in [2.05, 4.69) is 38.8 Å². The first-order chi connectivity index (χ1) is 22.8. The number of hydrogen-bond donors (Lipinski definition) is 1. The first kappa shape index (κ1) is 34.8. The molecule has 47 heavy (non-hydrogen) atoms. The van der Waals surface area contributed by atoms with Crippen LogP contribution in [0.25, 0.3) is 0 Å². The molecule has 3 aliphatic rings. The van der Waals surface area contributed by atoms with Crippen molar-refractivity contribution < 1.29 is 19.5 Å². The first-order valence-electron chi connectivity index (χ1n) is 17.1. The smallest absolute Gasteiger partial charge is 0.251 e. The van der Waals surface area contributed by atoms with Crippen LogP contribution in [0.4, 0.5) is 17.1 Å². The highest BCUT2D eigenvalue weighted by atomic mass is 32.2. The molecule has 9 heteroatoms. The van der Waals surface area contributed by atoms with Crippen LogP contribution >= 0.6 is 11.8 Å². The van der Waals surface area contributed by atoms with Crippen LogP contribution in [-0.2, 0) is 14.4 Å². The van der Waals surface area contributed by atoms with Crippen molar-refractivity contribution in [3.05, 3.63) is 79.9 Å².